The molecular formula is C11H12NO4S-. The van der Waals surface area contributed by atoms with Gasteiger partial charge in [-0.2, -0.15) is 0 Å². The van der Waals surface area contributed by atoms with Crippen molar-refractivity contribution in [1.29, 1.82) is 0 Å². The monoisotopic (exact) mass is 254 g/mol. The first-order valence-electron chi connectivity index (χ1n) is 5.14. The third-order valence-corrected chi connectivity index (χ3v) is 4.10. The molecule has 0 radical (unpaired) electrons. The van der Waals surface area contributed by atoms with E-state index in [1.54, 1.807) is 6.92 Å². The fourth-order valence-corrected chi connectivity index (χ4v) is 3.50. The van der Waals surface area contributed by atoms with E-state index in [4.69, 9.17) is 0 Å². The van der Waals surface area contributed by atoms with Crippen LogP contribution in [-0.2, 0) is 16.4 Å². The molecule has 0 bridgehead atoms. The van der Waals surface area contributed by atoms with Crippen LogP contribution in [0.25, 0.3) is 0 Å². The Labute approximate surface area is 99.7 Å². The summed E-state index contributed by atoms with van der Waals surface area (Å²) in [6, 6.07) is 4.18. The molecule has 0 amide bonds. The second kappa shape index (κ2) is 3.73. The molecule has 92 valence electrons. The van der Waals surface area contributed by atoms with E-state index in [-0.39, 0.29) is 11.6 Å². The third-order valence-electron chi connectivity index (χ3n) is 2.83. The van der Waals surface area contributed by atoms with E-state index in [0.717, 1.165) is 11.8 Å². The molecule has 1 heterocycles. The summed E-state index contributed by atoms with van der Waals surface area (Å²) in [7, 11) is -3.33. The molecule has 17 heavy (non-hydrogen) atoms. The summed E-state index contributed by atoms with van der Waals surface area (Å²) >= 11 is 0. The van der Waals surface area contributed by atoms with Crippen LogP contribution >= 0.6 is 0 Å². The van der Waals surface area contributed by atoms with Gasteiger partial charge in [-0.1, -0.05) is 6.07 Å². The number of carboxylic acids is 1. The second-order valence-electron chi connectivity index (χ2n) is 4.24. The van der Waals surface area contributed by atoms with Gasteiger partial charge in [0.25, 0.3) is 0 Å². The maximum atomic E-state index is 11.6. The molecule has 1 aromatic carbocycles. The molecule has 2 rings (SSSR count). The van der Waals surface area contributed by atoms with Gasteiger partial charge in [0, 0.05) is 6.04 Å². The van der Waals surface area contributed by atoms with Crippen molar-refractivity contribution in [3.8, 4) is 0 Å². The number of aromatic carboxylic acids is 1. The molecule has 0 fully saturated rings. The van der Waals surface area contributed by atoms with Gasteiger partial charge in [-0.3, -0.25) is 4.31 Å². The lowest BCUT2D eigenvalue weighted by Crippen LogP contribution is -2.34. The number of fused-ring (bicyclic) bond motifs is 1. The zero-order chi connectivity index (χ0) is 12.8. The van der Waals surface area contributed by atoms with Gasteiger partial charge in [-0.05, 0) is 36.6 Å². The average Bonchev–Trinajstić information content (AvgIpc) is 2.51. The molecule has 1 aromatic rings. The number of nitrogens with zero attached hydrogens (tertiary/aromatic N) is 1. The van der Waals surface area contributed by atoms with Gasteiger partial charge in [0.1, 0.15) is 0 Å². The predicted octanol–water partition coefficient (Wildman–Crippen LogP) is -0.239. The van der Waals surface area contributed by atoms with E-state index in [1.165, 1.54) is 22.5 Å². The minimum absolute atomic E-state index is 0.0753. The lowest BCUT2D eigenvalue weighted by molar-refractivity contribution is -0.255. The molecule has 1 atom stereocenters. The number of rotatable bonds is 2. The molecular weight excluding hydrogens is 242 g/mol. The summed E-state index contributed by atoms with van der Waals surface area (Å²) in [6.45, 7) is 1.79. The number of hydrogen-bond donors (Lipinski definition) is 0. The highest BCUT2D eigenvalue weighted by atomic mass is 32.2. The predicted molar refractivity (Wildman–Crippen MR) is 61.3 cm³/mol. The van der Waals surface area contributed by atoms with Crippen molar-refractivity contribution in [2.75, 3.05) is 10.6 Å². The van der Waals surface area contributed by atoms with Gasteiger partial charge in [0.05, 0.1) is 17.9 Å². The van der Waals surface area contributed by atoms with Gasteiger partial charge in [0.15, 0.2) is 0 Å². The van der Waals surface area contributed by atoms with Crippen LogP contribution in [0.3, 0.4) is 0 Å². The maximum absolute atomic E-state index is 11.6. The first-order valence-corrected chi connectivity index (χ1v) is 6.99. The van der Waals surface area contributed by atoms with Crippen LogP contribution in [0.15, 0.2) is 18.2 Å². The fraction of sp³-hybridized carbons (Fsp3) is 0.364. The SMILES string of the molecule is C[C@@H]1Cc2cc(C(=O)[O-])ccc2N1S(C)(=O)=O. The summed E-state index contributed by atoms with van der Waals surface area (Å²) in [4.78, 5) is 10.7. The smallest absolute Gasteiger partial charge is 0.232 e. The zero-order valence-corrected chi connectivity index (χ0v) is 10.3. The molecule has 1 aliphatic rings. The number of anilines is 1. The molecule has 0 N–H and O–H groups in total. The number of hydrogen-bond acceptors (Lipinski definition) is 4. The number of carboxylic acid groups (broad SMARTS) is 1. The molecule has 5 nitrogen and oxygen atoms in total. The molecule has 0 aromatic heterocycles. The van der Waals surface area contributed by atoms with Crippen LogP contribution in [-0.4, -0.2) is 26.7 Å². The summed E-state index contributed by atoms with van der Waals surface area (Å²) in [5.41, 5.74) is 1.36. The standard InChI is InChI=1S/C11H13NO4S/c1-7-5-9-6-8(11(13)14)3-4-10(9)12(7)17(2,15)16/h3-4,6-7H,5H2,1-2H3,(H,13,14)/p-1/t7-/m1/s1. The van der Waals surface area contributed by atoms with E-state index >= 15 is 0 Å². The lowest BCUT2D eigenvalue weighted by atomic mass is 10.1. The number of sulfonamides is 1. The highest BCUT2D eigenvalue weighted by molar-refractivity contribution is 7.92. The van der Waals surface area contributed by atoms with Gasteiger partial charge < -0.3 is 9.90 Å². The van der Waals surface area contributed by atoms with Crippen LogP contribution in [0, 0.1) is 0 Å². The summed E-state index contributed by atoms with van der Waals surface area (Å²) < 4.78 is 24.6. The minimum atomic E-state index is -3.33. The molecule has 0 saturated carbocycles. The Morgan fingerprint density at radius 3 is 2.65 bits per heavy atom. The van der Waals surface area contributed by atoms with Crippen molar-refractivity contribution < 1.29 is 18.3 Å². The summed E-state index contributed by atoms with van der Waals surface area (Å²) in [5, 5.41) is 10.7. The van der Waals surface area contributed by atoms with Crippen LogP contribution < -0.4 is 9.41 Å². The number of carbonyl (C=O) groups is 1. The Morgan fingerprint density at radius 1 is 1.47 bits per heavy atom. The van der Waals surface area contributed by atoms with E-state index < -0.39 is 16.0 Å². The van der Waals surface area contributed by atoms with Gasteiger partial charge in [-0.25, -0.2) is 8.42 Å². The topological polar surface area (TPSA) is 77.5 Å². The van der Waals surface area contributed by atoms with Gasteiger partial charge in [-0.15, -0.1) is 0 Å². The van der Waals surface area contributed by atoms with Crippen molar-refractivity contribution in [3.63, 3.8) is 0 Å². The van der Waals surface area contributed by atoms with Crippen LogP contribution in [0.5, 0.6) is 0 Å². The molecule has 0 unspecified atom stereocenters. The van der Waals surface area contributed by atoms with Crippen LogP contribution in [0.1, 0.15) is 22.8 Å². The van der Waals surface area contributed by atoms with E-state index in [1.807, 2.05) is 0 Å². The molecule has 1 aliphatic heterocycles. The first-order chi connectivity index (χ1) is 7.80. The van der Waals surface area contributed by atoms with E-state index in [2.05, 4.69) is 0 Å². The molecule has 0 spiro atoms. The van der Waals surface area contributed by atoms with Crippen molar-refractivity contribution in [2.45, 2.75) is 19.4 Å². The highest BCUT2D eigenvalue weighted by Crippen LogP contribution is 2.34. The van der Waals surface area contributed by atoms with Gasteiger partial charge in [0.2, 0.25) is 10.0 Å². The van der Waals surface area contributed by atoms with Crippen molar-refractivity contribution in [2.24, 2.45) is 0 Å². The molecule has 0 saturated heterocycles. The first kappa shape index (κ1) is 11.9. The Bertz CT molecular complexity index is 579. The largest absolute Gasteiger partial charge is 0.545 e. The van der Waals surface area contributed by atoms with Crippen molar-refractivity contribution in [1.82, 2.24) is 0 Å². The van der Waals surface area contributed by atoms with Crippen molar-refractivity contribution in [3.05, 3.63) is 29.3 Å². The zero-order valence-electron chi connectivity index (χ0n) is 9.50. The Morgan fingerprint density at radius 2 is 2.12 bits per heavy atom. The van der Waals surface area contributed by atoms with Gasteiger partial charge >= 0.3 is 0 Å². The fourth-order valence-electron chi connectivity index (χ4n) is 2.24. The van der Waals surface area contributed by atoms with Crippen molar-refractivity contribution >= 4 is 21.7 Å². The Balaban J connectivity index is 2.53. The van der Waals surface area contributed by atoms with Crippen LogP contribution in [0.4, 0.5) is 5.69 Å². The lowest BCUT2D eigenvalue weighted by Gasteiger charge is -2.22. The Hall–Kier alpha value is -1.56. The quantitative estimate of drug-likeness (QED) is 0.730. The minimum Gasteiger partial charge on any atom is -0.545 e. The summed E-state index contributed by atoms with van der Waals surface area (Å²) in [5.74, 6) is -1.25. The highest BCUT2D eigenvalue weighted by Gasteiger charge is 2.32. The average molecular weight is 254 g/mol. The molecule has 0 aliphatic carbocycles. The van der Waals surface area contributed by atoms with E-state index in [0.29, 0.717) is 12.1 Å². The summed E-state index contributed by atoms with van der Waals surface area (Å²) in [6.07, 6.45) is 1.66. The van der Waals surface area contributed by atoms with Crippen LogP contribution in [0.2, 0.25) is 0 Å². The number of benzene rings is 1. The normalized spacial score (nSPS) is 19.2. The number of carbonyl (C=O) groups excluding carboxylic acids is 1. The second-order valence-corrected chi connectivity index (χ2v) is 6.10. The molecule has 6 heteroatoms. The maximum Gasteiger partial charge on any atom is 0.232 e. The third kappa shape index (κ3) is 2.00. The Kier molecular flexibility index (Phi) is 2.61. The van der Waals surface area contributed by atoms with E-state index in [9.17, 15) is 18.3 Å².